The van der Waals surface area contributed by atoms with E-state index >= 15 is 0 Å². The number of aliphatic imine (C=N–C) groups is 1. The Balaban J connectivity index is 0.00000289. The molecule has 0 aromatic carbocycles. The molecule has 1 aromatic rings. The average molecular weight is 421 g/mol. The van der Waals surface area contributed by atoms with Gasteiger partial charge in [-0.05, 0) is 0 Å². The molecule has 2 nitrogen and oxygen atoms in total. The second-order valence-corrected chi connectivity index (χ2v) is 3.78. The molecule has 0 bridgehead atoms. The van der Waals surface area contributed by atoms with Crippen molar-refractivity contribution < 1.29 is 21.1 Å². The molecule has 0 aliphatic heterocycles. The van der Waals surface area contributed by atoms with Gasteiger partial charge >= 0.3 is 21.1 Å². The Hall–Kier alpha value is -1.14. The van der Waals surface area contributed by atoms with Gasteiger partial charge in [-0.15, -0.1) is 18.2 Å². The van der Waals surface area contributed by atoms with E-state index in [0.717, 1.165) is 29.2 Å². The summed E-state index contributed by atoms with van der Waals surface area (Å²) in [5.41, 5.74) is 3.43. The molecule has 0 aliphatic rings. The summed E-state index contributed by atoms with van der Waals surface area (Å²) in [6.45, 7) is 13.5. The maximum absolute atomic E-state index is 4.42. The predicted molar refractivity (Wildman–Crippen MR) is 73.8 cm³/mol. The van der Waals surface area contributed by atoms with Crippen molar-refractivity contribution in [2.45, 2.75) is 19.8 Å². The minimum Gasteiger partial charge on any atom is -0.326 e. The predicted octanol–water partition coefficient (Wildman–Crippen LogP) is 3.56. The van der Waals surface area contributed by atoms with Crippen LogP contribution in [-0.4, -0.2) is 10.7 Å². The van der Waals surface area contributed by atoms with E-state index in [-0.39, 0.29) is 21.1 Å². The van der Waals surface area contributed by atoms with Gasteiger partial charge in [0.25, 0.3) is 0 Å². The third-order valence-electron chi connectivity index (χ3n) is 2.20. The van der Waals surface area contributed by atoms with Gasteiger partial charge in [-0.2, -0.15) is 13.0 Å². The first kappa shape index (κ1) is 16.9. The van der Waals surface area contributed by atoms with Crippen molar-refractivity contribution in [3.05, 3.63) is 67.9 Å². The molecule has 0 unspecified atom stereocenters. The van der Waals surface area contributed by atoms with Gasteiger partial charge in [0.15, 0.2) is 0 Å². The Morgan fingerprint density at radius 2 is 2.28 bits per heavy atom. The first-order chi connectivity index (χ1) is 8.15. The molecule has 0 saturated carbocycles. The maximum Gasteiger partial charge on any atom is 2.00 e. The van der Waals surface area contributed by atoms with Gasteiger partial charge in [0.05, 0.1) is 0 Å². The second-order valence-electron chi connectivity index (χ2n) is 3.78. The second kappa shape index (κ2) is 8.88. The van der Waals surface area contributed by atoms with Crippen LogP contribution >= 0.6 is 0 Å². The van der Waals surface area contributed by atoms with Crippen molar-refractivity contribution in [3.63, 3.8) is 0 Å². The minimum atomic E-state index is 0. The normalized spacial score (nSPS) is 10.6. The van der Waals surface area contributed by atoms with E-state index in [1.165, 1.54) is 0 Å². The summed E-state index contributed by atoms with van der Waals surface area (Å²) in [7, 11) is 0. The van der Waals surface area contributed by atoms with E-state index < -0.39 is 0 Å². The zero-order valence-electron chi connectivity index (χ0n) is 10.6. The molecule has 98 valence electrons. The summed E-state index contributed by atoms with van der Waals surface area (Å²) in [4.78, 5) is 8.74. The maximum atomic E-state index is 4.42. The number of allylic oxidation sites excluding steroid dienone is 2. The van der Waals surface area contributed by atoms with Crippen molar-refractivity contribution in [1.82, 2.24) is 4.98 Å². The summed E-state index contributed by atoms with van der Waals surface area (Å²) in [5.74, 6) is 0. The Morgan fingerprint density at radius 3 is 2.83 bits per heavy atom. The first-order valence-electron chi connectivity index (χ1n) is 5.59. The Labute approximate surface area is 124 Å². The number of nitrogens with zero attached hydrogens (tertiary/aromatic N) is 2. The number of hydrogen-bond acceptors (Lipinski definition) is 2. The molecule has 0 fully saturated rings. The fourth-order valence-electron chi connectivity index (χ4n) is 1.46. The fourth-order valence-corrected chi connectivity index (χ4v) is 1.46. The molecular weight excluding hydrogens is 403 g/mol. The van der Waals surface area contributed by atoms with Crippen LogP contribution in [-0.2, 0) is 27.5 Å². The number of pyridine rings is 1. The molecule has 1 aromatic heterocycles. The number of aromatic nitrogens is 1. The molecule has 18 heavy (non-hydrogen) atoms. The van der Waals surface area contributed by atoms with Crippen LogP contribution in [0.3, 0.4) is 0 Å². The molecule has 1 heterocycles. The SMILES string of the molecule is C=CC(C[CH-]C)=NC(=C)Cc1cccc([CH2-])n1.[Pt+2]. The Kier molecular flexibility index (Phi) is 8.31. The molecule has 0 aliphatic carbocycles. The molecule has 0 radical (unpaired) electrons. The van der Waals surface area contributed by atoms with E-state index in [4.69, 9.17) is 0 Å². The molecule has 0 amide bonds. The standard InChI is InChI=1S/C15H18N2.Pt/c1-5-8-14(6-2)17-13(4)11-15-10-7-9-12(3)16-15;/h5-7,9-10H,2-4,8,11H2,1H3;/q-2;+2. The van der Waals surface area contributed by atoms with Crippen molar-refractivity contribution in [1.29, 1.82) is 0 Å². The topological polar surface area (TPSA) is 25.2 Å². The smallest absolute Gasteiger partial charge is 0.326 e. The van der Waals surface area contributed by atoms with Crippen molar-refractivity contribution in [2.75, 3.05) is 0 Å². The Bertz CT molecular complexity index is 436. The van der Waals surface area contributed by atoms with Gasteiger partial charge in [-0.1, -0.05) is 25.3 Å². The summed E-state index contributed by atoms with van der Waals surface area (Å²) in [6, 6.07) is 5.77. The van der Waals surface area contributed by atoms with Crippen molar-refractivity contribution in [2.24, 2.45) is 4.99 Å². The number of rotatable bonds is 6. The zero-order chi connectivity index (χ0) is 12.7. The molecule has 1 rings (SSSR count). The monoisotopic (exact) mass is 421 g/mol. The fraction of sp³-hybridized carbons (Fsp3) is 0.200. The summed E-state index contributed by atoms with van der Waals surface area (Å²) in [6.07, 6.45) is 5.26. The van der Waals surface area contributed by atoms with Crippen LogP contribution < -0.4 is 0 Å². The molecule has 0 saturated heterocycles. The number of hydrogen-bond donors (Lipinski definition) is 0. The minimum absolute atomic E-state index is 0. The van der Waals surface area contributed by atoms with Crippen LogP contribution in [0.25, 0.3) is 0 Å². The van der Waals surface area contributed by atoms with Crippen LogP contribution in [0.15, 0.2) is 48.1 Å². The van der Waals surface area contributed by atoms with Gasteiger partial charge in [-0.25, -0.2) is 6.92 Å². The van der Waals surface area contributed by atoms with Crippen LogP contribution in [0.4, 0.5) is 0 Å². The van der Waals surface area contributed by atoms with E-state index in [2.05, 4.69) is 30.1 Å². The molecule has 0 spiro atoms. The van der Waals surface area contributed by atoms with Crippen LogP contribution in [0.2, 0.25) is 0 Å². The van der Waals surface area contributed by atoms with Gasteiger partial charge < -0.3 is 6.42 Å². The van der Waals surface area contributed by atoms with Gasteiger partial charge in [0.2, 0.25) is 0 Å². The quantitative estimate of drug-likeness (QED) is 0.510. The van der Waals surface area contributed by atoms with Crippen LogP contribution in [0.1, 0.15) is 24.7 Å². The largest absolute Gasteiger partial charge is 2.00 e. The van der Waals surface area contributed by atoms with E-state index in [1.807, 2.05) is 31.5 Å². The summed E-state index contributed by atoms with van der Waals surface area (Å²) in [5, 5.41) is 0. The van der Waals surface area contributed by atoms with E-state index in [1.54, 1.807) is 6.08 Å². The van der Waals surface area contributed by atoms with Gasteiger partial charge in [0.1, 0.15) is 0 Å². The zero-order valence-corrected chi connectivity index (χ0v) is 12.9. The van der Waals surface area contributed by atoms with E-state index in [9.17, 15) is 0 Å². The van der Waals surface area contributed by atoms with Crippen LogP contribution in [0, 0.1) is 13.3 Å². The van der Waals surface area contributed by atoms with Crippen LogP contribution in [0.5, 0.6) is 0 Å². The molecule has 0 atom stereocenters. The molecule has 3 heteroatoms. The third kappa shape index (κ3) is 5.97. The molecular formula is C15H18N2Pt. The Morgan fingerprint density at radius 1 is 1.56 bits per heavy atom. The van der Waals surface area contributed by atoms with Gasteiger partial charge in [0, 0.05) is 23.5 Å². The van der Waals surface area contributed by atoms with Crippen molar-refractivity contribution >= 4 is 5.71 Å². The summed E-state index contributed by atoms with van der Waals surface area (Å²) < 4.78 is 0. The van der Waals surface area contributed by atoms with Crippen molar-refractivity contribution in [3.8, 4) is 0 Å². The first-order valence-corrected chi connectivity index (χ1v) is 5.59. The van der Waals surface area contributed by atoms with E-state index in [0.29, 0.717) is 6.42 Å². The molecule has 0 N–H and O–H groups in total. The third-order valence-corrected chi connectivity index (χ3v) is 2.20. The average Bonchev–Trinajstić information content (AvgIpc) is 2.28. The summed E-state index contributed by atoms with van der Waals surface area (Å²) >= 11 is 0. The van der Waals surface area contributed by atoms with Gasteiger partial charge in [-0.3, -0.25) is 9.98 Å².